The van der Waals surface area contributed by atoms with Crippen LogP contribution >= 0.6 is 0 Å². The van der Waals surface area contributed by atoms with Gasteiger partial charge in [0.15, 0.2) is 0 Å². The van der Waals surface area contributed by atoms with E-state index < -0.39 is 0 Å². The maximum atomic E-state index is 5.62. The molecule has 2 saturated carbocycles. The molecule has 1 N–H and O–H groups in total. The molecule has 0 bridgehead atoms. The third-order valence-electron chi connectivity index (χ3n) is 6.55. The molecule has 20 heavy (non-hydrogen) atoms. The van der Waals surface area contributed by atoms with Crippen LogP contribution in [-0.2, 0) is 4.74 Å². The van der Waals surface area contributed by atoms with Gasteiger partial charge >= 0.3 is 0 Å². The minimum absolute atomic E-state index is 0.466. The minimum atomic E-state index is 0.466. The van der Waals surface area contributed by atoms with E-state index in [-0.39, 0.29) is 0 Å². The molecule has 2 heterocycles. The van der Waals surface area contributed by atoms with Gasteiger partial charge in [0.1, 0.15) is 0 Å². The first-order valence-corrected chi connectivity index (χ1v) is 8.88. The normalized spacial score (nSPS) is 36.3. The molecule has 1 unspecified atom stereocenters. The highest BCUT2D eigenvalue weighted by Gasteiger charge is 2.49. The Morgan fingerprint density at radius 2 is 1.80 bits per heavy atom. The molecule has 3 nitrogen and oxygen atoms in total. The van der Waals surface area contributed by atoms with Crippen LogP contribution in [0.2, 0.25) is 0 Å². The van der Waals surface area contributed by atoms with Crippen LogP contribution in [0.1, 0.15) is 57.8 Å². The highest BCUT2D eigenvalue weighted by Crippen LogP contribution is 2.43. The van der Waals surface area contributed by atoms with Crippen LogP contribution in [0.4, 0.5) is 0 Å². The van der Waals surface area contributed by atoms with Crippen molar-refractivity contribution < 1.29 is 4.74 Å². The number of ether oxygens (including phenoxy) is 1. The van der Waals surface area contributed by atoms with E-state index in [1.807, 2.05) is 0 Å². The predicted octanol–water partition coefficient (Wildman–Crippen LogP) is 2.55. The zero-order valence-corrected chi connectivity index (χ0v) is 12.8. The Hall–Kier alpha value is -0.120. The van der Waals surface area contributed by atoms with E-state index in [1.165, 1.54) is 77.4 Å². The third kappa shape index (κ3) is 2.32. The van der Waals surface area contributed by atoms with Crippen LogP contribution in [0.25, 0.3) is 0 Å². The highest BCUT2D eigenvalue weighted by atomic mass is 16.5. The van der Waals surface area contributed by atoms with E-state index in [0.29, 0.717) is 11.1 Å². The molecule has 4 rings (SSSR count). The molecule has 0 aromatic rings. The fourth-order valence-corrected chi connectivity index (χ4v) is 5.26. The summed E-state index contributed by atoms with van der Waals surface area (Å²) in [5.74, 6) is 0.795. The van der Waals surface area contributed by atoms with Gasteiger partial charge in [-0.2, -0.15) is 0 Å². The van der Waals surface area contributed by atoms with Gasteiger partial charge in [0, 0.05) is 37.3 Å². The van der Waals surface area contributed by atoms with Gasteiger partial charge in [-0.25, -0.2) is 0 Å². The Kier molecular flexibility index (Phi) is 3.56. The van der Waals surface area contributed by atoms with Crippen molar-refractivity contribution in [3.8, 4) is 0 Å². The summed E-state index contributed by atoms with van der Waals surface area (Å²) >= 11 is 0. The van der Waals surface area contributed by atoms with Crippen molar-refractivity contribution in [3.63, 3.8) is 0 Å². The summed E-state index contributed by atoms with van der Waals surface area (Å²) in [4.78, 5) is 2.92. The zero-order valence-electron chi connectivity index (χ0n) is 12.8. The molecule has 0 aromatic carbocycles. The van der Waals surface area contributed by atoms with Crippen LogP contribution in [0, 0.1) is 5.92 Å². The molecular formula is C17H30N2O. The largest absolute Gasteiger partial charge is 0.381 e. The average molecular weight is 278 g/mol. The molecule has 114 valence electrons. The summed E-state index contributed by atoms with van der Waals surface area (Å²) in [6, 6.07) is 0. The maximum Gasteiger partial charge on any atom is 0.0507 e. The van der Waals surface area contributed by atoms with Crippen LogP contribution in [0.5, 0.6) is 0 Å². The van der Waals surface area contributed by atoms with Gasteiger partial charge < -0.3 is 10.1 Å². The molecule has 1 atom stereocenters. The number of rotatable bonds is 2. The fraction of sp³-hybridized carbons (Fsp3) is 1.00. The molecule has 2 saturated heterocycles. The zero-order chi connectivity index (χ0) is 13.5. The van der Waals surface area contributed by atoms with Crippen LogP contribution in [0.3, 0.4) is 0 Å². The van der Waals surface area contributed by atoms with Crippen molar-refractivity contribution in [2.45, 2.75) is 68.9 Å². The first-order valence-electron chi connectivity index (χ1n) is 8.88. The van der Waals surface area contributed by atoms with Crippen molar-refractivity contribution in [2.24, 2.45) is 5.92 Å². The summed E-state index contributed by atoms with van der Waals surface area (Å²) in [5.41, 5.74) is 0.962. The predicted molar refractivity (Wildman–Crippen MR) is 80.9 cm³/mol. The van der Waals surface area contributed by atoms with Gasteiger partial charge in [0.25, 0.3) is 0 Å². The van der Waals surface area contributed by atoms with E-state index in [2.05, 4.69) is 10.2 Å². The van der Waals surface area contributed by atoms with Crippen LogP contribution in [0.15, 0.2) is 0 Å². The Morgan fingerprint density at radius 3 is 2.50 bits per heavy atom. The first kappa shape index (κ1) is 13.5. The number of piperazine rings is 1. The quantitative estimate of drug-likeness (QED) is 0.840. The molecule has 3 heteroatoms. The van der Waals surface area contributed by atoms with Crippen molar-refractivity contribution in [1.82, 2.24) is 10.2 Å². The number of nitrogens with one attached hydrogen (secondary N) is 1. The molecule has 2 aliphatic heterocycles. The lowest BCUT2D eigenvalue weighted by atomic mass is 9.83. The second-order valence-electron chi connectivity index (χ2n) is 7.88. The SMILES string of the molecule is C1CCC2(C1)CN(CC1CCOC1)C1(CCCC1)CN2. The van der Waals surface area contributed by atoms with Crippen molar-refractivity contribution >= 4 is 0 Å². The molecule has 4 aliphatic rings. The summed E-state index contributed by atoms with van der Waals surface area (Å²) < 4.78 is 5.62. The van der Waals surface area contributed by atoms with E-state index in [4.69, 9.17) is 4.74 Å². The smallest absolute Gasteiger partial charge is 0.0507 e. The van der Waals surface area contributed by atoms with Crippen LogP contribution < -0.4 is 5.32 Å². The van der Waals surface area contributed by atoms with E-state index in [9.17, 15) is 0 Å². The topological polar surface area (TPSA) is 24.5 Å². The lowest BCUT2D eigenvalue weighted by Crippen LogP contribution is -2.69. The van der Waals surface area contributed by atoms with Gasteiger partial charge in [-0.1, -0.05) is 25.7 Å². The average Bonchev–Trinajstić information content (AvgIpc) is 3.18. The Morgan fingerprint density at radius 1 is 1.05 bits per heavy atom. The summed E-state index contributed by atoms with van der Waals surface area (Å²) in [7, 11) is 0. The summed E-state index contributed by atoms with van der Waals surface area (Å²) in [6.07, 6.45) is 12.7. The number of hydrogen-bond acceptors (Lipinski definition) is 3. The Labute approximate surface area is 123 Å². The molecule has 0 aromatic heterocycles. The lowest BCUT2D eigenvalue weighted by Gasteiger charge is -2.53. The standard InChI is InChI=1S/C17H30N2O/c1-2-7-16(6-1)14-19(11-15-5-10-20-12-15)17(13-18-16)8-3-4-9-17/h15,18H,1-14H2. The lowest BCUT2D eigenvalue weighted by molar-refractivity contribution is -0.00278. The van der Waals surface area contributed by atoms with Gasteiger partial charge in [-0.05, 0) is 38.0 Å². The maximum absolute atomic E-state index is 5.62. The molecule has 2 aliphatic carbocycles. The van der Waals surface area contributed by atoms with Gasteiger partial charge in [-0.3, -0.25) is 4.90 Å². The van der Waals surface area contributed by atoms with Crippen molar-refractivity contribution in [3.05, 3.63) is 0 Å². The second-order valence-corrected chi connectivity index (χ2v) is 7.88. The highest BCUT2D eigenvalue weighted by molar-refractivity contribution is 5.08. The number of nitrogens with zero attached hydrogens (tertiary/aromatic N) is 1. The monoisotopic (exact) mass is 278 g/mol. The molecular weight excluding hydrogens is 248 g/mol. The molecule has 2 spiro atoms. The van der Waals surface area contributed by atoms with Gasteiger partial charge in [0.05, 0.1) is 6.61 Å². The van der Waals surface area contributed by atoms with Crippen molar-refractivity contribution in [2.75, 3.05) is 32.8 Å². The number of hydrogen-bond donors (Lipinski definition) is 1. The van der Waals surface area contributed by atoms with E-state index in [0.717, 1.165) is 19.1 Å². The van der Waals surface area contributed by atoms with E-state index in [1.54, 1.807) is 0 Å². The van der Waals surface area contributed by atoms with E-state index >= 15 is 0 Å². The third-order valence-corrected chi connectivity index (χ3v) is 6.55. The van der Waals surface area contributed by atoms with Crippen molar-refractivity contribution in [1.29, 1.82) is 0 Å². The molecule has 0 radical (unpaired) electrons. The summed E-state index contributed by atoms with van der Waals surface area (Å²) in [6.45, 7) is 5.86. The Balaban J connectivity index is 1.51. The van der Waals surface area contributed by atoms with Crippen LogP contribution in [-0.4, -0.2) is 48.8 Å². The Bertz CT molecular complexity index is 339. The molecule has 4 fully saturated rings. The fourth-order valence-electron chi connectivity index (χ4n) is 5.26. The van der Waals surface area contributed by atoms with Gasteiger partial charge in [-0.15, -0.1) is 0 Å². The minimum Gasteiger partial charge on any atom is -0.381 e. The summed E-state index contributed by atoms with van der Waals surface area (Å²) in [5, 5.41) is 4.01. The molecule has 0 amide bonds. The second kappa shape index (κ2) is 5.26. The van der Waals surface area contributed by atoms with Gasteiger partial charge in [0.2, 0.25) is 0 Å². The first-order chi connectivity index (χ1) is 9.80.